The van der Waals surface area contributed by atoms with Crippen molar-refractivity contribution < 1.29 is 22.7 Å². The molecule has 3 aromatic rings. The van der Waals surface area contributed by atoms with Crippen LogP contribution in [0.15, 0.2) is 65.6 Å². The van der Waals surface area contributed by atoms with Gasteiger partial charge in [-0.25, -0.2) is 0 Å². The molecule has 30 heavy (non-hydrogen) atoms. The van der Waals surface area contributed by atoms with E-state index in [1.165, 1.54) is 42.1 Å². The zero-order chi connectivity index (χ0) is 21.9. The molecule has 1 N–H and O–H groups in total. The van der Waals surface area contributed by atoms with E-state index in [-0.39, 0.29) is 12.1 Å². The molecule has 5 nitrogen and oxygen atoms in total. The molecule has 0 aliphatic heterocycles. The Kier molecular flexibility index (Phi) is 5.96. The molecule has 0 saturated carbocycles. The van der Waals surface area contributed by atoms with Gasteiger partial charge in [-0.05, 0) is 54.4 Å². The summed E-state index contributed by atoms with van der Waals surface area (Å²) in [6.45, 7) is 1.89. The number of aryl methyl sites for hydroxylation is 1. The Morgan fingerprint density at radius 1 is 1.10 bits per heavy atom. The smallest absolute Gasteiger partial charge is 0.416 e. The van der Waals surface area contributed by atoms with Crippen LogP contribution in [0, 0.1) is 6.92 Å². The minimum absolute atomic E-state index is 0.0336. The highest BCUT2D eigenvalue weighted by Gasteiger charge is 2.29. The number of aromatic nitrogens is 1. The molecule has 0 radical (unpaired) electrons. The van der Waals surface area contributed by atoms with Crippen LogP contribution in [-0.4, -0.2) is 17.6 Å². The molecule has 3 rings (SSSR count). The number of halogens is 3. The summed E-state index contributed by atoms with van der Waals surface area (Å²) in [5.74, 6) is -0.152. The number of carbonyl (C=O) groups is 1. The summed E-state index contributed by atoms with van der Waals surface area (Å²) < 4.78 is 44.6. The number of methoxy groups -OCH3 is 1. The van der Waals surface area contributed by atoms with Gasteiger partial charge < -0.3 is 14.6 Å². The molecular weight excluding hydrogens is 397 g/mol. The van der Waals surface area contributed by atoms with Crippen molar-refractivity contribution >= 4 is 11.6 Å². The van der Waals surface area contributed by atoms with Crippen molar-refractivity contribution in [2.24, 2.45) is 0 Å². The lowest BCUT2D eigenvalue weighted by Crippen LogP contribution is -2.29. The van der Waals surface area contributed by atoms with Crippen LogP contribution in [0.25, 0.3) is 0 Å². The highest BCUT2D eigenvalue weighted by atomic mass is 19.4. The third kappa shape index (κ3) is 4.71. The first kappa shape index (κ1) is 21.2. The van der Waals surface area contributed by atoms with Crippen molar-refractivity contribution in [1.29, 1.82) is 0 Å². The molecule has 2 aromatic carbocycles. The highest BCUT2D eigenvalue weighted by molar-refractivity contribution is 6.04. The van der Waals surface area contributed by atoms with Gasteiger partial charge >= 0.3 is 6.18 Å². The number of pyridine rings is 1. The van der Waals surface area contributed by atoms with Gasteiger partial charge in [-0.15, -0.1) is 0 Å². The molecule has 1 heterocycles. The van der Waals surface area contributed by atoms with Crippen molar-refractivity contribution in [2.75, 3.05) is 12.4 Å². The molecule has 0 bridgehead atoms. The highest BCUT2D eigenvalue weighted by Crippen LogP contribution is 2.29. The predicted octanol–water partition coefficient (Wildman–Crippen LogP) is 4.48. The number of anilines is 1. The normalized spacial score (nSPS) is 11.2. The van der Waals surface area contributed by atoms with Crippen LogP contribution in [0.4, 0.5) is 18.9 Å². The number of nitrogens with zero attached hydrogens (tertiary/aromatic N) is 1. The SMILES string of the molecule is COc1ccc(C)cc1NC(=O)c1cccn(Cc2ccc(C(F)(F)F)cc2)c1=O. The number of carbonyl (C=O) groups excluding carboxylic acids is 1. The fraction of sp³-hybridized carbons (Fsp3) is 0.182. The van der Waals surface area contributed by atoms with E-state index in [1.807, 2.05) is 13.0 Å². The monoisotopic (exact) mass is 416 g/mol. The van der Waals surface area contributed by atoms with Crippen LogP contribution >= 0.6 is 0 Å². The van der Waals surface area contributed by atoms with Crippen molar-refractivity contribution in [2.45, 2.75) is 19.6 Å². The minimum Gasteiger partial charge on any atom is -0.495 e. The van der Waals surface area contributed by atoms with Gasteiger partial charge in [0.1, 0.15) is 11.3 Å². The first-order valence-electron chi connectivity index (χ1n) is 9.00. The van der Waals surface area contributed by atoms with Crippen LogP contribution in [0.3, 0.4) is 0 Å². The maximum atomic E-state index is 12.7. The Labute approximate surface area is 170 Å². The Bertz CT molecular complexity index is 1120. The van der Waals surface area contributed by atoms with E-state index in [2.05, 4.69) is 5.32 Å². The van der Waals surface area contributed by atoms with E-state index in [0.29, 0.717) is 17.0 Å². The number of benzene rings is 2. The summed E-state index contributed by atoms with van der Waals surface area (Å²) in [5, 5.41) is 2.67. The summed E-state index contributed by atoms with van der Waals surface area (Å²) in [6.07, 6.45) is -2.95. The number of alkyl halides is 3. The summed E-state index contributed by atoms with van der Waals surface area (Å²) in [7, 11) is 1.47. The molecule has 0 atom stereocenters. The second kappa shape index (κ2) is 8.44. The molecular formula is C22H19F3N2O3. The zero-order valence-electron chi connectivity index (χ0n) is 16.3. The molecule has 1 aromatic heterocycles. The number of rotatable bonds is 5. The lowest BCUT2D eigenvalue weighted by atomic mass is 10.1. The Morgan fingerprint density at radius 2 is 1.80 bits per heavy atom. The van der Waals surface area contributed by atoms with E-state index >= 15 is 0 Å². The van der Waals surface area contributed by atoms with Crippen molar-refractivity contribution in [3.63, 3.8) is 0 Å². The third-order valence-electron chi connectivity index (χ3n) is 4.50. The molecule has 0 aliphatic rings. The number of hydrogen-bond acceptors (Lipinski definition) is 3. The predicted molar refractivity (Wildman–Crippen MR) is 107 cm³/mol. The van der Waals surface area contributed by atoms with E-state index in [0.717, 1.165) is 17.7 Å². The molecule has 0 fully saturated rings. The molecule has 0 saturated heterocycles. The number of ether oxygens (including phenoxy) is 1. The average molecular weight is 416 g/mol. The molecule has 8 heteroatoms. The van der Waals surface area contributed by atoms with Crippen molar-refractivity contribution in [1.82, 2.24) is 4.57 Å². The van der Waals surface area contributed by atoms with Gasteiger partial charge in [-0.1, -0.05) is 18.2 Å². The summed E-state index contributed by atoms with van der Waals surface area (Å²) in [5.41, 5.74) is 0.426. The second-order valence-electron chi connectivity index (χ2n) is 6.71. The first-order chi connectivity index (χ1) is 14.2. The summed E-state index contributed by atoms with van der Waals surface area (Å²) in [6, 6.07) is 12.7. The van der Waals surface area contributed by atoms with Crippen LogP contribution in [0.2, 0.25) is 0 Å². The van der Waals surface area contributed by atoms with E-state index in [4.69, 9.17) is 4.74 Å². The van der Waals surface area contributed by atoms with Gasteiger partial charge in [0.25, 0.3) is 11.5 Å². The van der Waals surface area contributed by atoms with Gasteiger partial charge in [-0.2, -0.15) is 13.2 Å². The van der Waals surface area contributed by atoms with Gasteiger partial charge in [-0.3, -0.25) is 9.59 Å². The van der Waals surface area contributed by atoms with E-state index in [9.17, 15) is 22.8 Å². The molecule has 1 amide bonds. The van der Waals surface area contributed by atoms with Gasteiger partial charge in [0, 0.05) is 6.20 Å². The average Bonchev–Trinajstić information content (AvgIpc) is 2.69. The lowest BCUT2D eigenvalue weighted by molar-refractivity contribution is -0.137. The van der Waals surface area contributed by atoms with Crippen LogP contribution in [-0.2, 0) is 12.7 Å². The first-order valence-corrected chi connectivity index (χ1v) is 9.00. The largest absolute Gasteiger partial charge is 0.495 e. The molecule has 0 aliphatic carbocycles. The van der Waals surface area contributed by atoms with Crippen molar-refractivity contribution in [3.05, 3.63) is 93.4 Å². The van der Waals surface area contributed by atoms with Gasteiger partial charge in [0.05, 0.1) is 24.9 Å². The molecule has 156 valence electrons. The maximum absolute atomic E-state index is 12.7. The number of hydrogen-bond donors (Lipinski definition) is 1. The van der Waals surface area contributed by atoms with Crippen molar-refractivity contribution in [3.8, 4) is 5.75 Å². The minimum atomic E-state index is -4.43. The third-order valence-corrected chi connectivity index (χ3v) is 4.50. The topological polar surface area (TPSA) is 60.3 Å². The summed E-state index contributed by atoms with van der Waals surface area (Å²) >= 11 is 0. The van der Waals surface area contributed by atoms with Crippen LogP contribution in [0.5, 0.6) is 5.75 Å². The van der Waals surface area contributed by atoms with Gasteiger partial charge in [0.2, 0.25) is 0 Å². The lowest BCUT2D eigenvalue weighted by Gasteiger charge is -2.12. The Morgan fingerprint density at radius 3 is 2.43 bits per heavy atom. The second-order valence-corrected chi connectivity index (χ2v) is 6.71. The Hall–Kier alpha value is -3.55. The molecule has 0 spiro atoms. The van der Waals surface area contributed by atoms with E-state index in [1.54, 1.807) is 12.1 Å². The van der Waals surface area contributed by atoms with E-state index < -0.39 is 23.2 Å². The fourth-order valence-corrected chi connectivity index (χ4v) is 2.94. The molecule has 0 unspecified atom stereocenters. The fourth-order valence-electron chi connectivity index (χ4n) is 2.94. The zero-order valence-corrected chi connectivity index (χ0v) is 16.3. The Balaban J connectivity index is 1.84. The standard InChI is InChI=1S/C22H19F3N2O3/c1-14-5-10-19(30-2)18(12-14)26-20(28)17-4-3-11-27(21(17)29)13-15-6-8-16(9-7-15)22(23,24)25/h3-12H,13H2,1-2H3,(H,26,28). The number of amides is 1. The maximum Gasteiger partial charge on any atom is 0.416 e. The number of nitrogens with one attached hydrogen (secondary N) is 1. The summed E-state index contributed by atoms with van der Waals surface area (Å²) in [4.78, 5) is 25.4. The van der Waals surface area contributed by atoms with Gasteiger partial charge in [0.15, 0.2) is 0 Å². The quantitative estimate of drug-likeness (QED) is 0.667. The van der Waals surface area contributed by atoms with Crippen LogP contribution in [0.1, 0.15) is 27.0 Å². The van der Waals surface area contributed by atoms with Crippen LogP contribution < -0.4 is 15.6 Å².